The number of carbonyl (C=O) groups is 4. The van der Waals surface area contributed by atoms with Gasteiger partial charge in [0.2, 0.25) is 17.7 Å². The number of pyridine rings is 1. The van der Waals surface area contributed by atoms with E-state index >= 15 is 0 Å². The number of rotatable bonds is 14. The lowest BCUT2D eigenvalue weighted by Crippen LogP contribution is -2.60. The third-order valence-electron chi connectivity index (χ3n) is 8.88. The summed E-state index contributed by atoms with van der Waals surface area (Å²) in [5, 5.41) is 21.2. The third kappa shape index (κ3) is 10.8. The molecule has 0 unspecified atom stereocenters. The van der Waals surface area contributed by atoms with Gasteiger partial charge in [0.15, 0.2) is 0 Å². The number of hydrogen-bond acceptors (Lipinski definition) is 8. The second-order valence-corrected chi connectivity index (χ2v) is 14.3. The fourth-order valence-corrected chi connectivity index (χ4v) is 6.36. The highest BCUT2D eigenvalue weighted by molar-refractivity contribution is 5.99. The van der Waals surface area contributed by atoms with E-state index in [9.17, 15) is 24.3 Å². The molecule has 1 saturated heterocycles. The molecule has 4 amide bonds. The van der Waals surface area contributed by atoms with Crippen LogP contribution >= 0.6 is 0 Å². The molecule has 2 heterocycles. The van der Waals surface area contributed by atoms with Crippen LogP contribution in [0.5, 0.6) is 5.75 Å². The first kappa shape index (κ1) is 37.9. The van der Waals surface area contributed by atoms with Gasteiger partial charge in [-0.2, -0.15) is 0 Å². The van der Waals surface area contributed by atoms with Crippen molar-refractivity contribution in [2.24, 2.45) is 5.73 Å². The number of ether oxygens (including phenoxy) is 1. The van der Waals surface area contributed by atoms with Gasteiger partial charge in [0.25, 0.3) is 5.91 Å². The normalized spacial score (nSPS) is 18.1. The number of nitrogens with two attached hydrogens (primary N) is 1. The van der Waals surface area contributed by atoms with Crippen molar-refractivity contribution in [3.63, 3.8) is 0 Å². The van der Waals surface area contributed by atoms with Crippen LogP contribution in [0.4, 0.5) is 0 Å². The van der Waals surface area contributed by atoms with Gasteiger partial charge in [-0.25, -0.2) is 4.98 Å². The largest absolute Gasteiger partial charge is 0.490 e. The Kier molecular flexibility index (Phi) is 12.6. The number of primary amides is 1. The Hall–Kier alpha value is -5.33. The molecule has 5 atom stereocenters. The summed E-state index contributed by atoms with van der Waals surface area (Å²) >= 11 is 0. The van der Waals surface area contributed by atoms with Crippen LogP contribution in [0, 0.1) is 0 Å². The number of para-hydroxylation sites is 2. The second-order valence-electron chi connectivity index (χ2n) is 14.3. The molecule has 52 heavy (non-hydrogen) atoms. The minimum absolute atomic E-state index is 0.0614. The number of carbonyl (C=O) groups excluding carboxylic acids is 4. The fourth-order valence-electron chi connectivity index (χ4n) is 6.36. The first-order valence-corrected chi connectivity index (χ1v) is 17.6. The molecular weight excluding hydrogens is 660 g/mol. The van der Waals surface area contributed by atoms with Crippen LogP contribution < -0.4 is 26.4 Å². The zero-order valence-electron chi connectivity index (χ0n) is 29.8. The summed E-state index contributed by atoms with van der Waals surface area (Å²) in [7, 11) is 0. The van der Waals surface area contributed by atoms with Crippen LogP contribution in [0.25, 0.3) is 10.9 Å². The topological polar surface area (TPSA) is 176 Å². The molecule has 1 aliphatic rings. The molecule has 0 saturated carbocycles. The van der Waals surface area contributed by atoms with Crippen LogP contribution in [0.15, 0.2) is 97.1 Å². The molecule has 0 radical (unpaired) electrons. The number of likely N-dealkylation sites (tertiary alicyclic amines) is 1. The highest BCUT2D eigenvalue weighted by Gasteiger charge is 2.38. The SMILES string of the molecule is CC(C)(C)NC(=O)[C@@H]1C[C@H](Oc2ccccc2)CCN1C[C@@H](O)[C@H](Cc1ccccc1)NC(=O)[C@H](CC(N)=O)NC(=O)c1ccc2ccccc2n1. The maximum atomic E-state index is 13.8. The van der Waals surface area contributed by atoms with E-state index in [0.717, 1.165) is 16.7 Å². The molecule has 1 aromatic heterocycles. The van der Waals surface area contributed by atoms with E-state index in [-0.39, 0.29) is 30.7 Å². The number of hydrogen-bond donors (Lipinski definition) is 5. The number of aliphatic hydroxyl groups excluding tert-OH is 1. The van der Waals surface area contributed by atoms with Gasteiger partial charge in [0, 0.05) is 30.4 Å². The summed E-state index contributed by atoms with van der Waals surface area (Å²) in [5.74, 6) is -1.60. The van der Waals surface area contributed by atoms with E-state index in [1.807, 2.05) is 98.5 Å². The summed E-state index contributed by atoms with van der Waals surface area (Å²) in [4.78, 5) is 59.2. The van der Waals surface area contributed by atoms with Gasteiger partial charge in [-0.1, -0.05) is 72.8 Å². The summed E-state index contributed by atoms with van der Waals surface area (Å²) in [6.07, 6.45) is -0.581. The van der Waals surface area contributed by atoms with Crippen molar-refractivity contribution in [2.75, 3.05) is 13.1 Å². The van der Waals surface area contributed by atoms with E-state index in [2.05, 4.69) is 20.9 Å². The van der Waals surface area contributed by atoms with E-state index in [1.165, 1.54) is 0 Å². The fraction of sp³-hybridized carbons (Fsp3) is 0.375. The summed E-state index contributed by atoms with van der Waals surface area (Å²) < 4.78 is 6.24. The van der Waals surface area contributed by atoms with Crippen molar-refractivity contribution in [3.8, 4) is 5.75 Å². The van der Waals surface area contributed by atoms with Gasteiger partial charge in [-0.15, -0.1) is 0 Å². The molecule has 274 valence electrons. The Bertz CT molecular complexity index is 1830. The standard InChI is InChI=1S/C40H48N6O6/c1-40(2,3)45-39(51)34-23-29(52-28-15-8-5-9-16-28)20-21-46(34)25-35(47)32(22-26-12-6-4-7-13-26)43-38(50)33(24-36(41)48)44-37(49)31-19-18-27-14-10-11-17-30(27)42-31/h4-19,29,32-35,47H,20-25H2,1-3H3,(H2,41,48)(H,43,50)(H,44,49)(H,45,51)/t29-,32+,33+,34+,35-/m1/s1. The van der Waals surface area contributed by atoms with Gasteiger partial charge in [-0.3, -0.25) is 24.1 Å². The quantitative estimate of drug-likeness (QED) is 0.133. The van der Waals surface area contributed by atoms with Crippen LogP contribution in [0.3, 0.4) is 0 Å². The maximum absolute atomic E-state index is 13.8. The Labute approximate surface area is 304 Å². The molecule has 5 rings (SSSR count). The van der Waals surface area contributed by atoms with Gasteiger partial charge in [0.05, 0.1) is 30.1 Å². The number of nitrogens with one attached hydrogen (secondary N) is 3. The summed E-state index contributed by atoms with van der Waals surface area (Å²) in [5.41, 5.74) is 6.55. The molecule has 1 fully saturated rings. The third-order valence-corrected chi connectivity index (χ3v) is 8.88. The molecule has 6 N–H and O–H groups in total. The summed E-state index contributed by atoms with van der Waals surface area (Å²) in [6.45, 7) is 6.25. The van der Waals surface area contributed by atoms with E-state index in [1.54, 1.807) is 24.3 Å². The highest BCUT2D eigenvalue weighted by atomic mass is 16.5. The lowest BCUT2D eigenvalue weighted by Gasteiger charge is -2.41. The van der Waals surface area contributed by atoms with Crippen LogP contribution in [0.2, 0.25) is 0 Å². The molecule has 0 spiro atoms. The molecule has 12 heteroatoms. The number of piperidine rings is 1. The number of aromatic nitrogens is 1. The molecule has 0 bridgehead atoms. The second kappa shape index (κ2) is 17.3. The zero-order chi connectivity index (χ0) is 37.3. The Balaban J connectivity index is 1.34. The minimum Gasteiger partial charge on any atom is -0.490 e. The van der Waals surface area contributed by atoms with Crippen molar-refractivity contribution < 1.29 is 29.0 Å². The number of fused-ring (bicyclic) bond motifs is 1. The lowest BCUT2D eigenvalue weighted by atomic mass is 9.94. The van der Waals surface area contributed by atoms with Crippen molar-refractivity contribution >= 4 is 34.5 Å². The zero-order valence-corrected chi connectivity index (χ0v) is 29.8. The maximum Gasteiger partial charge on any atom is 0.270 e. The predicted molar refractivity (Wildman–Crippen MR) is 198 cm³/mol. The van der Waals surface area contributed by atoms with Crippen molar-refractivity contribution in [2.45, 2.75) is 82.3 Å². The molecular formula is C40H48N6O6. The summed E-state index contributed by atoms with van der Waals surface area (Å²) in [6, 6.07) is 26.6. The average molecular weight is 709 g/mol. The average Bonchev–Trinajstić information content (AvgIpc) is 3.11. The van der Waals surface area contributed by atoms with E-state index < -0.39 is 53.9 Å². The molecule has 3 aromatic carbocycles. The lowest BCUT2D eigenvalue weighted by molar-refractivity contribution is -0.132. The van der Waals surface area contributed by atoms with Gasteiger partial charge < -0.3 is 31.5 Å². The number of amides is 4. The van der Waals surface area contributed by atoms with Crippen LogP contribution in [-0.4, -0.2) is 87.6 Å². The van der Waals surface area contributed by atoms with Crippen molar-refractivity contribution in [1.82, 2.24) is 25.8 Å². The van der Waals surface area contributed by atoms with E-state index in [4.69, 9.17) is 10.5 Å². The predicted octanol–water partition coefficient (Wildman–Crippen LogP) is 3.12. The number of β-amino-alcohol motifs (C(OH)–C–C–N with tert-alkyl or cyclic N) is 1. The number of nitrogens with zero attached hydrogens (tertiary/aromatic N) is 2. The molecule has 1 aliphatic heterocycles. The van der Waals surface area contributed by atoms with Crippen LogP contribution in [0.1, 0.15) is 56.1 Å². The van der Waals surface area contributed by atoms with Gasteiger partial charge in [-0.05, 0) is 63.4 Å². The Morgan fingerprint density at radius 2 is 1.60 bits per heavy atom. The first-order valence-electron chi connectivity index (χ1n) is 17.6. The smallest absolute Gasteiger partial charge is 0.270 e. The Morgan fingerprint density at radius 3 is 2.29 bits per heavy atom. The molecule has 4 aromatic rings. The van der Waals surface area contributed by atoms with Crippen LogP contribution in [-0.2, 0) is 20.8 Å². The molecule has 0 aliphatic carbocycles. The highest BCUT2D eigenvalue weighted by Crippen LogP contribution is 2.25. The van der Waals surface area contributed by atoms with Crippen molar-refractivity contribution in [3.05, 3.63) is 108 Å². The first-order chi connectivity index (χ1) is 24.8. The van der Waals surface area contributed by atoms with Gasteiger partial charge >= 0.3 is 0 Å². The Morgan fingerprint density at radius 1 is 0.923 bits per heavy atom. The van der Waals surface area contributed by atoms with E-state index in [0.29, 0.717) is 24.9 Å². The number of aliphatic hydroxyl groups is 1. The minimum atomic E-state index is -1.33. The van der Waals surface area contributed by atoms with Crippen molar-refractivity contribution in [1.29, 1.82) is 0 Å². The monoisotopic (exact) mass is 708 g/mol. The molecule has 12 nitrogen and oxygen atoms in total. The number of benzene rings is 3. The van der Waals surface area contributed by atoms with Gasteiger partial charge in [0.1, 0.15) is 23.6 Å².